The lowest BCUT2D eigenvalue weighted by Crippen LogP contribution is -2.47. The number of hydrogen-bond donors (Lipinski definition) is 2. The Hall–Kier alpha value is -0.320. The van der Waals surface area contributed by atoms with Crippen LogP contribution in [0.3, 0.4) is 0 Å². The van der Waals surface area contributed by atoms with Crippen molar-refractivity contribution in [3.05, 3.63) is 0 Å². The number of hydrogen-bond acceptors (Lipinski definition) is 3. The Balaban J connectivity index is 0.00000220. The topological polar surface area (TPSA) is 50.4 Å². The number of halogens is 1. The van der Waals surface area contributed by atoms with E-state index in [9.17, 15) is 4.79 Å². The maximum Gasteiger partial charge on any atom is 0.249 e. The van der Waals surface area contributed by atoms with Gasteiger partial charge in [-0.15, -0.1) is 12.4 Å². The minimum Gasteiger partial charge on any atom is -0.365 e. The van der Waals surface area contributed by atoms with Gasteiger partial charge in [-0.25, -0.2) is 0 Å². The second kappa shape index (κ2) is 9.65. The minimum atomic E-state index is -0.264. The van der Waals surface area contributed by atoms with Crippen molar-refractivity contribution in [3.8, 4) is 0 Å². The van der Waals surface area contributed by atoms with E-state index in [1.807, 2.05) is 6.92 Å². The molecule has 3 atom stereocenters. The van der Waals surface area contributed by atoms with Gasteiger partial charge in [-0.05, 0) is 51.1 Å². The largest absolute Gasteiger partial charge is 0.365 e. The molecule has 2 rings (SSSR count). The third-order valence-electron chi connectivity index (χ3n) is 4.59. The summed E-state index contributed by atoms with van der Waals surface area (Å²) in [5.74, 6) is 0.830. The van der Waals surface area contributed by atoms with E-state index in [-0.39, 0.29) is 30.5 Å². The van der Waals surface area contributed by atoms with Crippen molar-refractivity contribution in [2.75, 3.05) is 13.1 Å². The van der Waals surface area contributed by atoms with Crippen LogP contribution in [0.25, 0.3) is 0 Å². The zero-order chi connectivity index (χ0) is 14.4. The van der Waals surface area contributed by atoms with Crippen LogP contribution in [0.2, 0.25) is 0 Å². The molecule has 0 spiro atoms. The molecule has 1 heterocycles. The van der Waals surface area contributed by atoms with Crippen LogP contribution in [0.15, 0.2) is 0 Å². The second-order valence-corrected chi connectivity index (χ2v) is 6.46. The van der Waals surface area contributed by atoms with Gasteiger partial charge in [0, 0.05) is 6.04 Å². The number of carbonyl (C=O) groups is 1. The molecule has 2 fully saturated rings. The van der Waals surface area contributed by atoms with Crippen LogP contribution in [-0.4, -0.2) is 37.2 Å². The van der Waals surface area contributed by atoms with Crippen LogP contribution in [-0.2, 0) is 9.53 Å². The molecule has 5 heteroatoms. The predicted molar refractivity (Wildman–Crippen MR) is 87.9 cm³/mol. The fourth-order valence-electron chi connectivity index (χ4n) is 3.34. The zero-order valence-electron chi connectivity index (χ0n) is 13.4. The molecule has 1 aliphatic heterocycles. The first-order valence-electron chi connectivity index (χ1n) is 8.35. The summed E-state index contributed by atoms with van der Waals surface area (Å²) in [6.45, 7) is 6.33. The molecule has 4 nitrogen and oxygen atoms in total. The van der Waals surface area contributed by atoms with E-state index in [0.717, 1.165) is 51.1 Å². The highest BCUT2D eigenvalue weighted by Gasteiger charge is 2.27. The molecule has 0 bridgehead atoms. The van der Waals surface area contributed by atoms with E-state index in [1.54, 1.807) is 0 Å². The van der Waals surface area contributed by atoms with Gasteiger partial charge in [-0.1, -0.05) is 26.7 Å². The molecule has 21 heavy (non-hydrogen) atoms. The second-order valence-electron chi connectivity index (χ2n) is 6.46. The van der Waals surface area contributed by atoms with Crippen molar-refractivity contribution in [3.63, 3.8) is 0 Å². The van der Waals surface area contributed by atoms with Crippen molar-refractivity contribution in [2.45, 2.75) is 77.0 Å². The van der Waals surface area contributed by atoms with Crippen molar-refractivity contribution in [1.29, 1.82) is 0 Å². The first-order valence-corrected chi connectivity index (χ1v) is 8.35. The fourth-order valence-corrected chi connectivity index (χ4v) is 3.34. The molecule has 0 aromatic rings. The standard InChI is InChI=1S/C16H30N2O2.ClH/c1-3-15(20-14-6-4-5-12(2)11-14)16(19)18-13-7-9-17-10-8-13;/h12-15,17H,3-11H2,1-2H3,(H,18,19);1H. The summed E-state index contributed by atoms with van der Waals surface area (Å²) >= 11 is 0. The Morgan fingerprint density at radius 2 is 2.00 bits per heavy atom. The Labute approximate surface area is 135 Å². The molecule has 1 amide bonds. The van der Waals surface area contributed by atoms with Gasteiger partial charge in [0.25, 0.3) is 0 Å². The molecule has 0 aromatic heterocycles. The van der Waals surface area contributed by atoms with E-state index < -0.39 is 0 Å². The van der Waals surface area contributed by atoms with E-state index in [4.69, 9.17) is 4.74 Å². The van der Waals surface area contributed by atoms with Gasteiger partial charge in [0.2, 0.25) is 5.91 Å². The Kier molecular flexibility index (Phi) is 8.60. The van der Waals surface area contributed by atoms with Crippen molar-refractivity contribution < 1.29 is 9.53 Å². The van der Waals surface area contributed by atoms with E-state index in [2.05, 4.69) is 17.6 Å². The lowest BCUT2D eigenvalue weighted by Gasteiger charge is -2.31. The highest BCUT2D eigenvalue weighted by Crippen LogP contribution is 2.27. The van der Waals surface area contributed by atoms with Crippen LogP contribution in [0.4, 0.5) is 0 Å². The first kappa shape index (κ1) is 18.7. The maximum absolute atomic E-state index is 12.3. The number of piperidine rings is 1. The Morgan fingerprint density at radius 3 is 2.62 bits per heavy atom. The minimum absolute atomic E-state index is 0. The molecule has 124 valence electrons. The molecule has 1 aliphatic carbocycles. The van der Waals surface area contributed by atoms with Crippen LogP contribution in [0, 0.1) is 5.92 Å². The zero-order valence-corrected chi connectivity index (χ0v) is 14.2. The predicted octanol–water partition coefficient (Wildman–Crippen LogP) is 2.65. The fraction of sp³-hybridized carbons (Fsp3) is 0.938. The number of rotatable bonds is 5. The smallest absolute Gasteiger partial charge is 0.249 e. The highest BCUT2D eigenvalue weighted by molar-refractivity contribution is 5.85. The number of nitrogens with one attached hydrogen (secondary N) is 2. The quantitative estimate of drug-likeness (QED) is 0.819. The van der Waals surface area contributed by atoms with Crippen LogP contribution in [0.5, 0.6) is 0 Å². The Bertz CT molecular complexity index is 309. The molecule has 1 saturated heterocycles. The van der Waals surface area contributed by atoms with Crippen LogP contribution < -0.4 is 10.6 Å². The van der Waals surface area contributed by atoms with Crippen LogP contribution in [0.1, 0.15) is 58.8 Å². The summed E-state index contributed by atoms with van der Waals surface area (Å²) in [6, 6.07) is 0.326. The third-order valence-corrected chi connectivity index (χ3v) is 4.59. The molecule has 3 unspecified atom stereocenters. The van der Waals surface area contributed by atoms with E-state index in [1.165, 1.54) is 12.8 Å². The Morgan fingerprint density at radius 1 is 1.29 bits per heavy atom. The van der Waals surface area contributed by atoms with Gasteiger partial charge in [0.1, 0.15) is 6.10 Å². The first-order chi connectivity index (χ1) is 9.69. The van der Waals surface area contributed by atoms with Crippen molar-refractivity contribution in [1.82, 2.24) is 10.6 Å². The van der Waals surface area contributed by atoms with Gasteiger partial charge in [0.05, 0.1) is 6.10 Å². The van der Waals surface area contributed by atoms with E-state index >= 15 is 0 Å². The highest BCUT2D eigenvalue weighted by atomic mass is 35.5. The molecular formula is C16H31ClN2O2. The molecule has 0 radical (unpaired) electrons. The normalized spacial score (nSPS) is 28.5. The average Bonchev–Trinajstić information content (AvgIpc) is 2.46. The SMILES string of the molecule is CCC(OC1CCCC(C)C1)C(=O)NC1CCNCC1.Cl. The van der Waals surface area contributed by atoms with Gasteiger partial charge < -0.3 is 15.4 Å². The summed E-state index contributed by atoms with van der Waals surface area (Å²) < 4.78 is 6.09. The summed E-state index contributed by atoms with van der Waals surface area (Å²) in [6.07, 6.45) is 7.60. The van der Waals surface area contributed by atoms with Crippen molar-refractivity contribution in [2.24, 2.45) is 5.92 Å². The summed E-state index contributed by atoms with van der Waals surface area (Å²) in [7, 11) is 0. The number of carbonyl (C=O) groups excluding carboxylic acids is 1. The molecule has 2 aliphatic rings. The van der Waals surface area contributed by atoms with Crippen molar-refractivity contribution >= 4 is 18.3 Å². The lowest BCUT2D eigenvalue weighted by molar-refractivity contribution is -0.139. The van der Waals surface area contributed by atoms with Gasteiger partial charge in [-0.3, -0.25) is 4.79 Å². The van der Waals surface area contributed by atoms with Gasteiger partial charge in [-0.2, -0.15) is 0 Å². The molecular weight excluding hydrogens is 288 g/mol. The third kappa shape index (κ3) is 6.13. The summed E-state index contributed by atoms with van der Waals surface area (Å²) in [4.78, 5) is 12.3. The summed E-state index contributed by atoms with van der Waals surface area (Å²) in [5.41, 5.74) is 0. The van der Waals surface area contributed by atoms with E-state index in [0.29, 0.717) is 6.04 Å². The molecule has 0 aromatic carbocycles. The maximum atomic E-state index is 12.3. The average molecular weight is 319 g/mol. The van der Waals surface area contributed by atoms with Crippen LogP contribution >= 0.6 is 12.4 Å². The molecule has 2 N–H and O–H groups in total. The molecule has 1 saturated carbocycles. The lowest BCUT2D eigenvalue weighted by atomic mass is 9.88. The summed E-state index contributed by atoms with van der Waals surface area (Å²) in [5, 5.41) is 6.49. The van der Waals surface area contributed by atoms with Gasteiger partial charge in [0.15, 0.2) is 0 Å². The monoisotopic (exact) mass is 318 g/mol. The van der Waals surface area contributed by atoms with Gasteiger partial charge >= 0.3 is 0 Å². The number of ether oxygens (including phenoxy) is 1. The number of amides is 1.